The molecule has 13 heavy (non-hydrogen) atoms. The highest BCUT2D eigenvalue weighted by atomic mass is 15.2. The number of hydrogen-bond donors (Lipinski definition) is 2. The minimum absolute atomic E-state index is 0.386. The molecule has 3 heteroatoms. The molecule has 76 valence electrons. The minimum atomic E-state index is 0.386. The molecule has 1 heterocycles. The molecular weight excluding hydrogens is 162 g/mol. The molecule has 1 aliphatic carbocycles. The van der Waals surface area contributed by atoms with Crippen LogP contribution >= 0.6 is 0 Å². The van der Waals surface area contributed by atoms with Crippen LogP contribution in [-0.2, 0) is 0 Å². The van der Waals surface area contributed by atoms with Gasteiger partial charge in [-0.15, -0.1) is 0 Å². The highest BCUT2D eigenvalue weighted by Crippen LogP contribution is 2.30. The number of nitrogens with two attached hydrogens (primary N) is 1. The summed E-state index contributed by atoms with van der Waals surface area (Å²) >= 11 is 0. The first-order chi connectivity index (χ1) is 6.27. The van der Waals surface area contributed by atoms with Crippen LogP contribution in [-0.4, -0.2) is 43.7 Å². The van der Waals surface area contributed by atoms with Gasteiger partial charge in [-0.25, -0.2) is 0 Å². The minimum Gasteiger partial charge on any atom is -0.326 e. The van der Waals surface area contributed by atoms with E-state index in [9.17, 15) is 0 Å². The first-order valence-electron chi connectivity index (χ1n) is 5.45. The van der Waals surface area contributed by atoms with E-state index in [-0.39, 0.29) is 0 Å². The summed E-state index contributed by atoms with van der Waals surface area (Å²) < 4.78 is 0. The van der Waals surface area contributed by atoms with E-state index >= 15 is 0 Å². The molecule has 0 radical (unpaired) electrons. The Morgan fingerprint density at radius 1 is 1.46 bits per heavy atom. The maximum Gasteiger partial charge on any atom is 0.0350 e. The van der Waals surface area contributed by atoms with Crippen LogP contribution in [0.15, 0.2) is 0 Å². The van der Waals surface area contributed by atoms with Crippen molar-refractivity contribution in [3.63, 3.8) is 0 Å². The Hall–Kier alpha value is -0.120. The first-order valence-corrected chi connectivity index (χ1v) is 5.45. The van der Waals surface area contributed by atoms with Crippen LogP contribution in [0.25, 0.3) is 0 Å². The van der Waals surface area contributed by atoms with Crippen LogP contribution in [0.1, 0.15) is 19.3 Å². The van der Waals surface area contributed by atoms with Gasteiger partial charge < -0.3 is 16.0 Å². The number of rotatable bonds is 2. The molecule has 0 spiro atoms. The van der Waals surface area contributed by atoms with Gasteiger partial charge in [0, 0.05) is 31.7 Å². The Balaban J connectivity index is 1.83. The van der Waals surface area contributed by atoms with Gasteiger partial charge in [-0.05, 0) is 25.8 Å². The van der Waals surface area contributed by atoms with Crippen molar-refractivity contribution in [3.8, 4) is 0 Å². The van der Waals surface area contributed by atoms with Crippen LogP contribution in [0.3, 0.4) is 0 Å². The van der Waals surface area contributed by atoms with E-state index in [2.05, 4.69) is 17.3 Å². The predicted molar refractivity (Wildman–Crippen MR) is 54.6 cm³/mol. The summed E-state index contributed by atoms with van der Waals surface area (Å²) in [5.74, 6) is 0.795. The zero-order valence-corrected chi connectivity index (χ0v) is 8.50. The van der Waals surface area contributed by atoms with E-state index in [0.717, 1.165) is 25.6 Å². The Morgan fingerprint density at radius 3 is 2.77 bits per heavy atom. The molecule has 0 amide bonds. The van der Waals surface area contributed by atoms with Crippen molar-refractivity contribution in [2.45, 2.75) is 31.3 Å². The van der Waals surface area contributed by atoms with Crippen molar-refractivity contribution in [3.05, 3.63) is 0 Å². The Bertz CT molecular complexity index is 168. The number of piperazine rings is 1. The van der Waals surface area contributed by atoms with Gasteiger partial charge in [-0.1, -0.05) is 6.42 Å². The van der Waals surface area contributed by atoms with E-state index < -0.39 is 0 Å². The second kappa shape index (κ2) is 3.95. The van der Waals surface area contributed by atoms with Crippen LogP contribution in [0.4, 0.5) is 0 Å². The Morgan fingerprint density at radius 2 is 2.23 bits per heavy atom. The van der Waals surface area contributed by atoms with E-state index in [4.69, 9.17) is 5.73 Å². The molecule has 3 nitrogen and oxygen atoms in total. The molecule has 1 saturated carbocycles. The van der Waals surface area contributed by atoms with Crippen LogP contribution in [0, 0.1) is 5.92 Å². The maximum absolute atomic E-state index is 6.23. The third kappa shape index (κ3) is 2.03. The molecule has 0 aromatic rings. The zero-order valence-electron chi connectivity index (χ0n) is 8.50. The summed E-state index contributed by atoms with van der Waals surface area (Å²) in [7, 11) is 2.18. The smallest absolute Gasteiger partial charge is 0.0350 e. The maximum atomic E-state index is 6.23. The molecule has 0 aromatic heterocycles. The predicted octanol–water partition coefficient (Wildman–Crippen LogP) is 0.0174. The summed E-state index contributed by atoms with van der Waals surface area (Å²) in [5, 5.41) is 3.53. The standard InChI is InChI=1S/C10H21N3/c1-13-6-5-12-9(7-13)10(11)8-3-2-4-8/h8-10,12H,2-7,11H2,1H3. The molecule has 2 atom stereocenters. The molecule has 1 aliphatic heterocycles. The molecule has 2 unspecified atom stereocenters. The second-order valence-corrected chi connectivity index (χ2v) is 4.59. The molecule has 2 aliphatic rings. The van der Waals surface area contributed by atoms with Gasteiger partial charge >= 0.3 is 0 Å². The molecule has 3 N–H and O–H groups in total. The highest BCUT2D eigenvalue weighted by Gasteiger charge is 2.31. The zero-order chi connectivity index (χ0) is 9.26. The normalized spacial score (nSPS) is 34.2. The molecule has 2 fully saturated rings. The van der Waals surface area contributed by atoms with Gasteiger partial charge in [0.1, 0.15) is 0 Å². The van der Waals surface area contributed by atoms with E-state index in [1.165, 1.54) is 19.3 Å². The van der Waals surface area contributed by atoms with Crippen LogP contribution in [0.5, 0.6) is 0 Å². The SMILES string of the molecule is CN1CCNC(C(N)C2CCC2)C1. The summed E-state index contributed by atoms with van der Waals surface area (Å²) in [6.45, 7) is 3.38. The van der Waals surface area contributed by atoms with Crippen molar-refractivity contribution < 1.29 is 0 Å². The second-order valence-electron chi connectivity index (χ2n) is 4.59. The Labute approximate surface area is 80.7 Å². The van der Waals surface area contributed by atoms with Gasteiger partial charge in [-0.2, -0.15) is 0 Å². The van der Waals surface area contributed by atoms with Gasteiger partial charge in [0.05, 0.1) is 0 Å². The van der Waals surface area contributed by atoms with Crippen molar-refractivity contribution in [1.29, 1.82) is 0 Å². The third-order valence-electron chi connectivity index (χ3n) is 3.57. The lowest BCUT2D eigenvalue weighted by Gasteiger charge is -2.40. The number of nitrogens with one attached hydrogen (secondary N) is 1. The monoisotopic (exact) mass is 183 g/mol. The lowest BCUT2D eigenvalue weighted by molar-refractivity contribution is 0.161. The van der Waals surface area contributed by atoms with Crippen molar-refractivity contribution in [2.75, 3.05) is 26.7 Å². The fourth-order valence-electron chi connectivity index (χ4n) is 2.34. The fourth-order valence-corrected chi connectivity index (χ4v) is 2.34. The van der Waals surface area contributed by atoms with Crippen molar-refractivity contribution in [1.82, 2.24) is 10.2 Å². The quantitative estimate of drug-likeness (QED) is 0.634. The molecular formula is C10H21N3. The summed E-state index contributed by atoms with van der Waals surface area (Å²) in [6.07, 6.45) is 4.09. The fraction of sp³-hybridized carbons (Fsp3) is 1.00. The number of nitrogens with zero attached hydrogens (tertiary/aromatic N) is 1. The van der Waals surface area contributed by atoms with E-state index in [1.54, 1.807) is 0 Å². The van der Waals surface area contributed by atoms with E-state index in [0.29, 0.717) is 12.1 Å². The van der Waals surface area contributed by atoms with Gasteiger partial charge in [-0.3, -0.25) is 0 Å². The number of likely N-dealkylation sites (N-methyl/N-ethyl adjacent to an activating group) is 1. The van der Waals surface area contributed by atoms with Crippen molar-refractivity contribution in [2.24, 2.45) is 11.7 Å². The van der Waals surface area contributed by atoms with Crippen LogP contribution < -0.4 is 11.1 Å². The average Bonchev–Trinajstić information content (AvgIpc) is 2.01. The first kappa shape index (κ1) is 9.44. The number of hydrogen-bond acceptors (Lipinski definition) is 3. The van der Waals surface area contributed by atoms with Gasteiger partial charge in [0.2, 0.25) is 0 Å². The third-order valence-corrected chi connectivity index (χ3v) is 3.57. The largest absolute Gasteiger partial charge is 0.326 e. The summed E-state index contributed by atoms with van der Waals surface area (Å²) in [6, 6.07) is 0.917. The van der Waals surface area contributed by atoms with Gasteiger partial charge in [0.15, 0.2) is 0 Å². The van der Waals surface area contributed by atoms with Crippen LogP contribution in [0.2, 0.25) is 0 Å². The summed E-state index contributed by atoms with van der Waals surface area (Å²) in [5.41, 5.74) is 6.23. The molecule has 0 aromatic carbocycles. The Kier molecular flexibility index (Phi) is 2.86. The summed E-state index contributed by atoms with van der Waals surface area (Å²) in [4.78, 5) is 2.37. The molecule has 0 bridgehead atoms. The van der Waals surface area contributed by atoms with Gasteiger partial charge in [0.25, 0.3) is 0 Å². The molecule has 2 rings (SSSR count). The van der Waals surface area contributed by atoms with Crippen molar-refractivity contribution >= 4 is 0 Å². The highest BCUT2D eigenvalue weighted by molar-refractivity contribution is 4.92. The topological polar surface area (TPSA) is 41.3 Å². The average molecular weight is 183 g/mol. The lowest BCUT2D eigenvalue weighted by Crippen LogP contribution is -2.59. The molecule has 1 saturated heterocycles. The van der Waals surface area contributed by atoms with E-state index in [1.807, 2.05) is 0 Å². The lowest BCUT2D eigenvalue weighted by atomic mass is 9.77.